The van der Waals surface area contributed by atoms with Gasteiger partial charge in [-0.05, 0) is 48.6 Å². The first-order valence-electron chi connectivity index (χ1n) is 14.2. The van der Waals surface area contributed by atoms with Crippen molar-refractivity contribution in [2.24, 2.45) is 16.3 Å². The Kier molecular flexibility index (Phi) is 6.38. The van der Waals surface area contributed by atoms with Crippen molar-refractivity contribution >= 4 is 11.6 Å². The minimum atomic E-state index is -0.317. The van der Waals surface area contributed by atoms with Crippen molar-refractivity contribution in [3.05, 3.63) is 113 Å². The predicted octanol–water partition coefficient (Wildman–Crippen LogP) is 5.93. The highest BCUT2D eigenvalue weighted by atomic mass is 16.1. The van der Waals surface area contributed by atoms with E-state index in [4.69, 9.17) is 9.98 Å². The van der Waals surface area contributed by atoms with E-state index in [1.54, 1.807) is 0 Å². The highest BCUT2D eigenvalue weighted by Crippen LogP contribution is 2.60. The lowest BCUT2D eigenvalue weighted by atomic mass is 9.75. The molecule has 3 aromatic rings. The average molecular weight is 520 g/mol. The lowest BCUT2D eigenvalue weighted by molar-refractivity contribution is 0.0809. The summed E-state index contributed by atoms with van der Waals surface area (Å²) in [5, 5.41) is 6.14. The number of aryl methyl sites for hydroxylation is 1. The molecule has 3 heterocycles. The number of amidine groups is 1. The number of Topliss-reactive ketones (excluding diaryl/α,β-unsaturated/α-hetero) is 1. The molecule has 6 heteroatoms. The van der Waals surface area contributed by atoms with Crippen molar-refractivity contribution in [1.29, 1.82) is 0 Å². The number of carbonyl (C=O) groups excluding carboxylic acids is 1. The smallest absolute Gasteiger partial charge is 0.170 e. The van der Waals surface area contributed by atoms with Gasteiger partial charge >= 0.3 is 0 Å². The Bertz CT molecular complexity index is 1450. The van der Waals surface area contributed by atoms with Crippen LogP contribution in [0.2, 0.25) is 0 Å². The molecule has 7 rings (SSSR count). The molecule has 39 heavy (non-hydrogen) atoms. The van der Waals surface area contributed by atoms with Crippen LogP contribution in [0, 0.1) is 11.3 Å². The number of hydrogen-bond acceptors (Lipinski definition) is 6. The number of nitrogens with one attached hydrogen (secondary N) is 2. The van der Waals surface area contributed by atoms with Crippen molar-refractivity contribution < 1.29 is 4.79 Å². The standard InChI is InChI=1S/C31H31N5O.C2H6/c1-30(2)16-15-24-22(28(30)37)13-14-25(33-24)29-32-19-36(35-29)27-17-26(20-9-5-3-6-10-20)34-31(18-23(27)31)21-11-7-4-8-12-21;1-2/h3-14,17,23,26,34H,15-16,18-19H2,1-2H3,(H,32,35);1-2H3. The summed E-state index contributed by atoms with van der Waals surface area (Å²) in [5.74, 6) is 1.32. The summed E-state index contributed by atoms with van der Waals surface area (Å²) in [6, 6.07) is 25.4. The third-order valence-corrected chi connectivity index (χ3v) is 8.50. The van der Waals surface area contributed by atoms with Crippen LogP contribution in [0.3, 0.4) is 0 Å². The van der Waals surface area contributed by atoms with Gasteiger partial charge in [-0.2, -0.15) is 0 Å². The Hall–Kier alpha value is -3.77. The number of fused-ring (bicyclic) bond motifs is 2. The van der Waals surface area contributed by atoms with Gasteiger partial charge in [-0.1, -0.05) is 88.4 Å². The third kappa shape index (κ3) is 4.37. The molecule has 3 atom stereocenters. The summed E-state index contributed by atoms with van der Waals surface area (Å²) in [4.78, 5) is 22.6. The van der Waals surface area contributed by atoms with Gasteiger partial charge in [-0.25, -0.2) is 9.98 Å². The molecule has 6 nitrogen and oxygen atoms in total. The fraction of sp³-hybridized carbons (Fsp3) is 0.364. The van der Waals surface area contributed by atoms with E-state index in [0.717, 1.165) is 42.0 Å². The summed E-state index contributed by atoms with van der Waals surface area (Å²) in [5.41, 5.74) is 9.45. The van der Waals surface area contributed by atoms with Crippen LogP contribution in [0.4, 0.5) is 0 Å². The fourth-order valence-electron chi connectivity index (χ4n) is 6.21. The Labute approximate surface area is 231 Å². The van der Waals surface area contributed by atoms with Gasteiger partial charge in [0, 0.05) is 22.6 Å². The minimum absolute atomic E-state index is 0.0759. The van der Waals surface area contributed by atoms with E-state index in [2.05, 4.69) is 82.5 Å². The van der Waals surface area contributed by atoms with Gasteiger partial charge in [-0.3, -0.25) is 20.5 Å². The number of benzene rings is 2. The zero-order valence-electron chi connectivity index (χ0n) is 23.2. The highest BCUT2D eigenvalue weighted by molar-refractivity contribution is 6.03. The van der Waals surface area contributed by atoms with E-state index in [9.17, 15) is 4.79 Å². The lowest BCUT2D eigenvalue weighted by Crippen LogP contribution is -2.43. The molecule has 1 saturated carbocycles. The molecule has 0 saturated heterocycles. The summed E-state index contributed by atoms with van der Waals surface area (Å²) >= 11 is 0. The number of hydrazine groups is 1. The van der Waals surface area contributed by atoms with E-state index in [0.29, 0.717) is 12.6 Å². The minimum Gasteiger partial charge on any atom is -0.296 e. The molecule has 2 aromatic carbocycles. The molecule has 2 N–H and O–H groups in total. The number of nitrogens with zero attached hydrogens (tertiary/aromatic N) is 3. The van der Waals surface area contributed by atoms with Gasteiger partial charge in [0.15, 0.2) is 11.6 Å². The largest absolute Gasteiger partial charge is 0.296 e. The summed E-state index contributed by atoms with van der Waals surface area (Å²) in [6.07, 6.45) is 5.04. The second kappa shape index (κ2) is 9.76. The van der Waals surface area contributed by atoms with Gasteiger partial charge in [0.25, 0.3) is 0 Å². The molecular formula is C33H37N5O. The molecule has 0 bridgehead atoms. The molecule has 4 aliphatic rings. The topological polar surface area (TPSA) is 69.6 Å². The molecule has 200 valence electrons. The summed E-state index contributed by atoms with van der Waals surface area (Å²) in [7, 11) is 0. The quantitative estimate of drug-likeness (QED) is 0.447. The molecule has 0 radical (unpaired) electrons. The Morgan fingerprint density at radius 2 is 1.67 bits per heavy atom. The normalized spacial score (nSPS) is 26.3. The maximum atomic E-state index is 12.9. The summed E-state index contributed by atoms with van der Waals surface area (Å²) in [6.45, 7) is 8.58. The number of aliphatic imine (C=N–C) groups is 1. The molecule has 3 unspecified atom stereocenters. The van der Waals surface area contributed by atoms with Gasteiger partial charge < -0.3 is 0 Å². The monoisotopic (exact) mass is 519 g/mol. The number of pyridine rings is 1. The summed E-state index contributed by atoms with van der Waals surface area (Å²) < 4.78 is 0. The lowest BCUT2D eigenvalue weighted by Gasteiger charge is -2.34. The van der Waals surface area contributed by atoms with Gasteiger partial charge in [0.05, 0.1) is 17.3 Å². The zero-order chi connectivity index (χ0) is 27.2. The van der Waals surface area contributed by atoms with Crippen LogP contribution >= 0.6 is 0 Å². The maximum Gasteiger partial charge on any atom is 0.170 e. The highest BCUT2D eigenvalue weighted by Gasteiger charge is 2.61. The number of hydrogen-bond donors (Lipinski definition) is 2. The fourth-order valence-corrected chi connectivity index (χ4v) is 6.21. The number of aromatic nitrogens is 1. The number of rotatable bonds is 4. The molecule has 2 aliphatic heterocycles. The third-order valence-electron chi connectivity index (χ3n) is 8.50. The van der Waals surface area contributed by atoms with Crippen LogP contribution in [-0.2, 0) is 12.0 Å². The van der Waals surface area contributed by atoms with Crippen LogP contribution in [-0.4, -0.2) is 28.3 Å². The Morgan fingerprint density at radius 1 is 0.949 bits per heavy atom. The Morgan fingerprint density at radius 3 is 2.41 bits per heavy atom. The van der Waals surface area contributed by atoms with Crippen molar-refractivity contribution in [2.75, 3.05) is 6.67 Å². The second-order valence-corrected chi connectivity index (χ2v) is 11.3. The number of ketones is 1. The van der Waals surface area contributed by atoms with Crippen molar-refractivity contribution in [3.8, 4) is 0 Å². The first-order chi connectivity index (χ1) is 18.9. The first kappa shape index (κ1) is 25.5. The second-order valence-electron chi connectivity index (χ2n) is 11.3. The SMILES string of the molecule is CC.CC1(C)CCc2nc(C3=NCN(C4=CC(c5ccccc5)NC5(c6ccccc6)CC45)N3)ccc2C1=O. The van der Waals surface area contributed by atoms with Gasteiger partial charge in [0.1, 0.15) is 12.4 Å². The van der Waals surface area contributed by atoms with Crippen molar-refractivity contribution in [2.45, 2.75) is 58.5 Å². The van der Waals surface area contributed by atoms with Crippen LogP contribution in [0.5, 0.6) is 0 Å². The van der Waals surface area contributed by atoms with Crippen LogP contribution in [0.15, 0.2) is 89.6 Å². The van der Waals surface area contributed by atoms with Crippen LogP contribution in [0.1, 0.15) is 79.5 Å². The van der Waals surface area contributed by atoms with Crippen molar-refractivity contribution in [1.82, 2.24) is 20.7 Å². The molecule has 2 aliphatic carbocycles. The molecular weight excluding hydrogens is 482 g/mol. The first-order valence-corrected chi connectivity index (χ1v) is 14.2. The van der Waals surface area contributed by atoms with E-state index in [1.807, 2.05) is 39.8 Å². The van der Waals surface area contributed by atoms with E-state index < -0.39 is 0 Å². The van der Waals surface area contributed by atoms with E-state index in [-0.39, 0.29) is 22.8 Å². The maximum absolute atomic E-state index is 12.9. The van der Waals surface area contributed by atoms with E-state index >= 15 is 0 Å². The average Bonchev–Trinajstić information content (AvgIpc) is 3.55. The number of carbonyl (C=O) groups is 1. The molecule has 0 amide bonds. The van der Waals surface area contributed by atoms with Gasteiger partial charge in [-0.15, -0.1) is 0 Å². The van der Waals surface area contributed by atoms with Crippen LogP contribution < -0.4 is 10.7 Å². The molecule has 1 aromatic heterocycles. The van der Waals surface area contributed by atoms with Crippen LogP contribution in [0.25, 0.3) is 0 Å². The van der Waals surface area contributed by atoms with E-state index in [1.165, 1.54) is 16.8 Å². The Balaban J connectivity index is 0.00000135. The van der Waals surface area contributed by atoms with Gasteiger partial charge in [0.2, 0.25) is 0 Å². The molecule has 1 fully saturated rings. The zero-order valence-corrected chi connectivity index (χ0v) is 23.2. The predicted molar refractivity (Wildman–Crippen MR) is 155 cm³/mol. The van der Waals surface area contributed by atoms with Crippen molar-refractivity contribution in [3.63, 3.8) is 0 Å². The molecule has 0 spiro atoms.